The summed E-state index contributed by atoms with van der Waals surface area (Å²) in [6, 6.07) is 13.0. The van der Waals surface area contributed by atoms with Crippen LogP contribution in [0.1, 0.15) is 5.56 Å². The first-order valence-electron chi connectivity index (χ1n) is 6.08. The van der Waals surface area contributed by atoms with Gasteiger partial charge >= 0.3 is 0 Å². The number of hydrogen-bond acceptors (Lipinski definition) is 2. The number of benzene rings is 2. The van der Waals surface area contributed by atoms with Crippen LogP contribution in [0.5, 0.6) is 5.75 Å². The molecule has 0 atom stereocenters. The van der Waals surface area contributed by atoms with Crippen LogP contribution in [-0.2, 0) is 6.54 Å². The van der Waals surface area contributed by atoms with Crippen LogP contribution in [0.4, 0.5) is 8.78 Å². The third-order valence-electron chi connectivity index (χ3n) is 2.62. The van der Waals surface area contributed by atoms with Crippen LogP contribution in [0.2, 0.25) is 0 Å². The topological polar surface area (TPSA) is 21.3 Å². The molecule has 0 aliphatic carbocycles. The highest BCUT2D eigenvalue weighted by molar-refractivity contribution is 5.21. The second kappa shape index (κ2) is 6.85. The molecule has 0 aliphatic heterocycles. The van der Waals surface area contributed by atoms with E-state index >= 15 is 0 Å². The molecule has 4 heteroatoms. The maximum atomic E-state index is 13.3. The molecule has 0 saturated heterocycles. The predicted molar refractivity (Wildman–Crippen MR) is 70.0 cm³/mol. The van der Waals surface area contributed by atoms with Gasteiger partial charge in [0.05, 0.1) is 0 Å². The molecular formula is C15H15F2NO. The van der Waals surface area contributed by atoms with Gasteiger partial charge in [-0.2, -0.15) is 0 Å². The van der Waals surface area contributed by atoms with E-state index < -0.39 is 11.6 Å². The fraction of sp³-hybridized carbons (Fsp3) is 0.200. The van der Waals surface area contributed by atoms with Crippen LogP contribution in [-0.4, -0.2) is 13.2 Å². The number of ether oxygens (including phenoxy) is 1. The molecule has 0 amide bonds. The molecule has 0 saturated carbocycles. The predicted octanol–water partition coefficient (Wildman–Crippen LogP) is 3.13. The van der Waals surface area contributed by atoms with Crippen LogP contribution in [0.25, 0.3) is 0 Å². The summed E-state index contributed by atoms with van der Waals surface area (Å²) in [4.78, 5) is 0. The zero-order chi connectivity index (χ0) is 13.5. The van der Waals surface area contributed by atoms with Gasteiger partial charge in [0.1, 0.15) is 24.0 Å². The Labute approximate surface area is 111 Å². The van der Waals surface area contributed by atoms with Gasteiger partial charge in [-0.3, -0.25) is 0 Å². The van der Waals surface area contributed by atoms with E-state index in [0.717, 1.165) is 11.8 Å². The van der Waals surface area contributed by atoms with Crippen molar-refractivity contribution in [3.8, 4) is 5.75 Å². The lowest BCUT2D eigenvalue weighted by Crippen LogP contribution is -2.21. The lowest BCUT2D eigenvalue weighted by molar-refractivity contribution is 0.313. The zero-order valence-electron chi connectivity index (χ0n) is 10.4. The first kappa shape index (κ1) is 13.5. The van der Waals surface area contributed by atoms with E-state index in [2.05, 4.69) is 5.32 Å². The Morgan fingerprint density at radius 1 is 1.00 bits per heavy atom. The first-order valence-corrected chi connectivity index (χ1v) is 6.08. The van der Waals surface area contributed by atoms with Crippen molar-refractivity contribution in [3.05, 3.63) is 65.7 Å². The zero-order valence-corrected chi connectivity index (χ0v) is 10.4. The summed E-state index contributed by atoms with van der Waals surface area (Å²) >= 11 is 0. The van der Waals surface area contributed by atoms with E-state index in [0.29, 0.717) is 25.3 Å². The van der Waals surface area contributed by atoms with Crippen LogP contribution >= 0.6 is 0 Å². The van der Waals surface area contributed by atoms with Gasteiger partial charge in [-0.1, -0.05) is 24.3 Å². The highest BCUT2D eigenvalue weighted by atomic mass is 19.1. The lowest BCUT2D eigenvalue weighted by Gasteiger charge is -2.08. The monoisotopic (exact) mass is 263 g/mol. The van der Waals surface area contributed by atoms with Crippen molar-refractivity contribution >= 4 is 0 Å². The Balaban J connectivity index is 1.69. The normalized spacial score (nSPS) is 10.4. The van der Waals surface area contributed by atoms with E-state index in [1.807, 2.05) is 30.3 Å². The molecule has 0 bridgehead atoms. The van der Waals surface area contributed by atoms with Crippen molar-refractivity contribution in [2.75, 3.05) is 13.2 Å². The maximum Gasteiger partial charge on any atom is 0.130 e. The molecule has 2 aromatic carbocycles. The van der Waals surface area contributed by atoms with E-state index in [9.17, 15) is 8.78 Å². The van der Waals surface area contributed by atoms with E-state index in [4.69, 9.17) is 4.74 Å². The minimum Gasteiger partial charge on any atom is -0.492 e. The van der Waals surface area contributed by atoms with Gasteiger partial charge < -0.3 is 10.1 Å². The first-order chi connectivity index (χ1) is 9.25. The molecule has 100 valence electrons. The highest BCUT2D eigenvalue weighted by Gasteiger charge is 2.02. The Kier molecular flexibility index (Phi) is 4.86. The molecule has 2 rings (SSSR count). The summed E-state index contributed by atoms with van der Waals surface area (Å²) in [6.45, 7) is 1.43. The second-order valence-electron chi connectivity index (χ2n) is 4.07. The van der Waals surface area contributed by atoms with Crippen LogP contribution in [0.3, 0.4) is 0 Å². The molecule has 0 radical (unpaired) electrons. The number of para-hydroxylation sites is 1. The van der Waals surface area contributed by atoms with E-state index in [1.165, 1.54) is 12.1 Å². The van der Waals surface area contributed by atoms with Crippen molar-refractivity contribution in [1.29, 1.82) is 0 Å². The van der Waals surface area contributed by atoms with Gasteiger partial charge in [-0.15, -0.1) is 0 Å². The van der Waals surface area contributed by atoms with E-state index in [1.54, 1.807) is 0 Å². The molecule has 2 aromatic rings. The van der Waals surface area contributed by atoms with Crippen molar-refractivity contribution in [1.82, 2.24) is 5.32 Å². The van der Waals surface area contributed by atoms with Gasteiger partial charge in [0, 0.05) is 24.7 Å². The van der Waals surface area contributed by atoms with Gasteiger partial charge in [-0.25, -0.2) is 8.78 Å². The summed E-state index contributed by atoms with van der Waals surface area (Å²) in [5.41, 5.74) is 0.445. The van der Waals surface area contributed by atoms with Crippen molar-refractivity contribution < 1.29 is 13.5 Å². The summed E-state index contributed by atoms with van der Waals surface area (Å²) in [7, 11) is 0. The molecule has 0 unspecified atom stereocenters. The molecule has 0 fully saturated rings. The number of nitrogens with one attached hydrogen (secondary N) is 1. The molecule has 0 spiro atoms. The average Bonchev–Trinajstić information content (AvgIpc) is 2.42. The fourth-order valence-electron chi connectivity index (χ4n) is 1.65. The Morgan fingerprint density at radius 2 is 1.79 bits per heavy atom. The summed E-state index contributed by atoms with van der Waals surface area (Å²) in [6.07, 6.45) is 0. The SMILES string of the molecule is Fc1ccc(CNCCOc2ccccc2)c(F)c1. The van der Waals surface area contributed by atoms with E-state index in [-0.39, 0.29) is 0 Å². The quantitative estimate of drug-likeness (QED) is 0.808. The lowest BCUT2D eigenvalue weighted by atomic mass is 10.2. The van der Waals surface area contributed by atoms with Gasteiger partial charge in [-0.05, 0) is 18.2 Å². The van der Waals surface area contributed by atoms with Crippen molar-refractivity contribution in [2.45, 2.75) is 6.54 Å². The van der Waals surface area contributed by atoms with Crippen molar-refractivity contribution in [2.24, 2.45) is 0 Å². The molecule has 2 nitrogen and oxygen atoms in total. The number of rotatable bonds is 6. The minimum atomic E-state index is -0.561. The standard InChI is InChI=1S/C15H15F2NO/c16-13-7-6-12(15(17)10-13)11-18-8-9-19-14-4-2-1-3-5-14/h1-7,10,18H,8-9,11H2. The number of hydrogen-bond donors (Lipinski definition) is 1. The summed E-state index contributed by atoms with van der Waals surface area (Å²) < 4.78 is 31.5. The second-order valence-corrected chi connectivity index (χ2v) is 4.07. The molecule has 1 N–H and O–H groups in total. The van der Waals surface area contributed by atoms with Crippen LogP contribution < -0.4 is 10.1 Å². The van der Waals surface area contributed by atoms with Crippen LogP contribution in [0.15, 0.2) is 48.5 Å². The molecule has 19 heavy (non-hydrogen) atoms. The smallest absolute Gasteiger partial charge is 0.130 e. The summed E-state index contributed by atoms with van der Waals surface area (Å²) in [5.74, 6) is -0.289. The Hall–Kier alpha value is -1.94. The van der Waals surface area contributed by atoms with Crippen LogP contribution in [0, 0.1) is 11.6 Å². The van der Waals surface area contributed by atoms with Crippen molar-refractivity contribution in [3.63, 3.8) is 0 Å². The maximum absolute atomic E-state index is 13.3. The molecular weight excluding hydrogens is 248 g/mol. The fourth-order valence-corrected chi connectivity index (χ4v) is 1.65. The van der Waals surface area contributed by atoms with Gasteiger partial charge in [0.2, 0.25) is 0 Å². The molecule has 0 heterocycles. The average molecular weight is 263 g/mol. The largest absolute Gasteiger partial charge is 0.492 e. The summed E-state index contributed by atoms with van der Waals surface area (Å²) in [5, 5.41) is 3.04. The molecule has 0 aliphatic rings. The van der Waals surface area contributed by atoms with Gasteiger partial charge in [0.15, 0.2) is 0 Å². The third kappa shape index (κ3) is 4.34. The Morgan fingerprint density at radius 3 is 2.53 bits per heavy atom. The molecule has 0 aromatic heterocycles. The van der Waals surface area contributed by atoms with Gasteiger partial charge in [0.25, 0.3) is 0 Å². The minimum absolute atomic E-state index is 0.351. The highest BCUT2D eigenvalue weighted by Crippen LogP contribution is 2.09. The Bertz CT molecular complexity index is 517. The number of halogens is 2. The third-order valence-corrected chi connectivity index (χ3v) is 2.62.